The fourth-order valence-electron chi connectivity index (χ4n) is 3.97. The normalized spacial score (nSPS) is 19.7. The molecule has 1 aliphatic rings. The van der Waals surface area contributed by atoms with Gasteiger partial charge < -0.3 is 42.9 Å². The molecule has 1 aliphatic heterocycles. The van der Waals surface area contributed by atoms with Crippen molar-refractivity contribution in [2.24, 2.45) is 5.73 Å². The first kappa shape index (κ1) is 39.5. The summed E-state index contributed by atoms with van der Waals surface area (Å²) in [7, 11) is 3.46. The first-order valence-corrected chi connectivity index (χ1v) is 13.5. The highest BCUT2D eigenvalue weighted by Crippen LogP contribution is 2.04. The number of likely N-dealkylation sites (N-methyl/N-ethyl adjacent to an activating group) is 2. The van der Waals surface area contributed by atoms with Crippen molar-refractivity contribution in [2.45, 2.75) is 89.4 Å². The maximum Gasteiger partial charge on any atom is 0.305 e. The van der Waals surface area contributed by atoms with Crippen LogP contribution >= 0.6 is 0 Å². The summed E-state index contributed by atoms with van der Waals surface area (Å²) in [4.78, 5) is 68.9. The van der Waals surface area contributed by atoms with Crippen molar-refractivity contribution in [1.82, 2.24) is 26.6 Å². The highest BCUT2D eigenvalue weighted by atomic mass is 16.4. The third-order valence-electron chi connectivity index (χ3n) is 6.46. The molecule has 232 valence electrons. The van der Waals surface area contributed by atoms with E-state index in [0.717, 1.165) is 32.1 Å². The number of carboxylic acids is 1. The fourth-order valence-corrected chi connectivity index (χ4v) is 3.97. The summed E-state index contributed by atoms with van der Waals surface area (Å²) in [6, 6.07) is -1.89. The van der Waals surface area contributed by atoms with Gasteiger partial charge in [0.05, 0.1) is 43.7 Å². The molecule has 0 saturated carbocycles. The third-order valence-corrected chi connectivity index (χ3v) is 6.46. The van der Waals surface area contributed by atoms with Crippen LogP contribution in [0.1, 0.15) is 65.2 Å². The van der Waals surface area contributed by atoms with Crippen molar-refractivity contribution >= 4 is 35.0 Å². The van der Waals surface area contributed by atoms with Gasteiger partial charge >= 0.3 is 5.97 Å². The SMILES string of the molecule is CNC(CCCCN)C(=O)CNC(CC(=O)O)C(C)=O.CNC1CCCCNC(=O)CC(C(C)=O)NCC1=O.[OH-]. The van der Waals surface area contributed by atoms with Crippen molar-refractivity contribution < 1.29 is 39.3 Å². The topological polar surface area (TPSA) is 239 Å². The van der Waals surface area contributed by atoms with E-state index in [1.807, 2.05) is 0 Å². The first-order valence-electron chi connectivity index (χ1n) is 13.5. The molecule has 0 aliphatic carbocycles. The Balaban J connectivity index is 0. The van der Waals surface area contributed by atoms with Gasteiger partial charge in [-0.15, -0.1) is 0 Å². The van der Waals surface area contributed by atoms with Crippen LogP contribution in [0.15, 0.2) is 0 Å². The number of hydrogen-bond donors (Lipinski definition) is 7. The Morgan fingerprint density at radius 1 is 1.07 bits per heavy atom. The van der Waals surface area contributed by atoms with Gasteiger partial charge in [0.15, 0.2) is 11.6 Å². The Bertz CT molecular complexity index is 810. The fraction of sp³-hybridized carbons (Fsp3) is 0.769. The minimum Gasteiger partial charge on any atom is -0.870 e. The maximum atomic E-state index is 12.0. The largest absolute Gasteiger partial charge is 0.870 e. The van der Waals surface area contributed by atoms with Gasteiger partial charge in [-0.1, -0.05) is 6.42 Å². The molecule has 0 bridgehead atoms. The van der Waals surface area contributed by atoms with E-state index in [-0.39, 0.29) is 72.5 Å². The third kappa shape index (κ3) is 17.9. The van der Waals surface area contributed by atoms with Gasteiger partial charge in [-0.3, -0.25) is 28.8 Å². The van der Waals surface area contributed by atoms with E-state index in [9.17, 15) is 28.8 Å². The zero-order valence-corrected chi connectivity index (χ0v) is 24.2. The van der Waals surface area contributed by atoms with Gasteiger partial charge in [-0.05, 0) is 66.6 Å². The van der Waals surface area contributed by atoms with Crippen LogP contribution in [0.2, 0.25) is 0 Å². The number of amides is 1. The lowest BCUT2D eigenvalue weighted by atomic mass is 10.0. The molecule has 0 spiro atoms. The van der Waals surface area contributed by atoms with Crippen LogP contribution in [-0.2, 0) is 28.8 Å². The first-order chi connectivity index (χ1) is 18.5. The molecular weight excluding hydrogens is 524 g/mol. The number of carbonyl (C=O) groups is 6. The second-order valence-electron chi connectivity index (χ2n) is 9.64. The van der Waals surface area contributed by atoms with E-state index in [4.69, 9.17) is 10.8 Å². The van der Waals surface area contributed by atoms with Crippen molar-refractivity contribution in [1.29, 1.82) is 0 Å². The number of carbonyl (C=O) groups excluding carboxylic acids is 5. The van der Waals surface area contributed by atoms with Gasteiger partial charge in [0.1, 0.15) is 11.6 Å². The van der Waals surface area contributed by atoms with E-state index in [0.29, 0.717) is 19.5 Å². The predicted octanol–water partition coefficient (Wildman–Crippen LogP) is -1.50. The average molecular weight is 574 g/mol. The van der Waals surface area contributed by atoms with Gasteiger partial charge in [0.25, 0.3) is 0 Å². The number of rotatable bonds is 14. The van der Waals surface area contributed by atoms with Crippen LogP contribution in [-0.4, -0.2) is 110 Å². The molecular formula is C26H49N6O8-. The summed E-state index contributed by atoms with van der Waals surface area (Å²) < 4.78 is 0. The number of aliphatic carboxylic acids is 1. The molecule has 4 unspecified atom stereocenters. The zero-order chi connectivity index (χ0) is 29.8. The van der Waals surface area contributed by atoms with Crippen molar-refractivity contribution in [3.05, 3.63) is 0 Å². The summed E-state index contributed by atoms with van der Waals surface area (Å²) in [5.41, 5.74) is 5.40. The second kappa shape index (κ2) is 23.1. The van der Waals surface area contributed by atoms with Crippen molar-refractivity contribution in [3.63, 3.8) is 0 Å². The number of nitrogens with two attached hydrogens (primary N) is 1. The molecule has 1 heterocycles. The summed E-state index contributed by atoms with van der Waals surface area (Å²) in [6.45, 7) is 4.01. The van der Waals surface area contributed by atoms with Gasteiger partial charge in [0.2, 0.25) is 5.91 Å². The smallest absolute Gasteiger partial charge is 0.305 e. The van der Waals surface area contributed by atoms with E-state index in [1.54, 1.807) is 14.1 Å². The van der Waals surface area contributed by atoms with Gasteiger partial charge in [0, 0.05) is 13.0 Å². The number of unbranched alkanes of at least 4 members (excludes halogenated alkanes) is 1. The molecule has 4 atom stereocenters. The summed E-state index contributed by atoms with van der Waals surface area (Å²) in [5.74, 6) is -1.68. The Morgan fingerprint density at radius 3 is 2.27 bits per heavy atom. The maximum absolute atomic E-state index is 12.0. The van der Waals surface area contributed by atoms with Crippen LogP contribution in [0.25, 0.3) is 0 Å². The predicted molar refractivity (Wildman–Crippen MR) is 149 cm³/mol. The minimum absolute atomic E-state index is 0. The van der Waals surface area contributed by atoms with Crippen LogP contribution in [0.3, 0.4) is 0 Å². The lowest BCUT2D eigenvalue weighted by molar-refractivity contribution is -0.139. The summed E-state index contributed by atoms with van der Waals surface area (Å²) in [6.07, 6.45) is 4.62. The van der Waals surface area contributed by atoms with Crippen LogP contribution < -0.4 is 32.3 Å². The van der Waals surface area contributed by atoms with Crippen LogP contribution in [0, 0.1) is 0 Å². The van der Waals surface area contributed by atoms with Gasteiger partial charge in [-0.25, -0.2) is 0 Å². The zero-order valence-electron chi connectivity index (χ0n) is 24.2. The molecule has 9 N–H and O–H groups in total. The molecule has 0 radical (unpaired) electrons. The quantitative estimate of drug-likeness (QED) is 0.117. The van der Waals surface area contributed by atoms with E-state index >= 15 is 0 Å². The molecule has 0 aromatic carbocycles. The molecule has 14 nitrogen and oxygen atoms in total. The van der Waals surface area contributed by atoms with E-state index in [1.165, 1.54) is 13.8 Å². The molecule has 1 rings (SSSR count). The van der Waals surface area contributed by atoms with Crippen molar-refractivity contribution in [2.75, 3.05) is 40.3 Å². The second-order valence-corrected chi connectivity index (χ2v) is 9.64. The van der Waals surface area contributed by atoms with Crippen LogP contribution in [0.4, 0.5) is 0 Å². The molecule has 1 saturated heterocycles. The average Bonchev–Trinajstić information content (AvgIpc) is 2.87. The summed E-state index contributed by atoms with van der Waals surface area (Å²) >= 11 is 0. The Hall–Kier alpha value is -2.62. The van der Waals surface area contributed by atoms with E-state index < -0.39 is 18.1 Å². The molecule has 40 heavy (non-hydrogen) atoms. The Morgan fingerprint density at radius 2 is 1.75 bits per heavy atom. The highest BCUT2D eigenvalue weighted by Gasteiger charge is 2.23. The lowest BCUT2D eigenvalue weighted by Crippen LogP contribution is -2.47. The number of ketones is 4. The number of nitrogens with one attached hydrogen (secondary N) is 5. The Labute approximate surface area is 236 Å². The van der Waals surface area contributed by atoms with E-state index in [2.05, 4.69) is 26.6 Å². The summed E-state index contributed by atoms with van der Waals surface area (Å²) in [5, 5.41) is 23.0. The lowest BCUT2D eigenvalue weighted by Gasteiger charge is -2.20. The molecule has 0 aromatic rings. The standard InChI is InChI=1S/C13H25N3O4.C13H23N3O3.H2O/c1-9(17)11(7-13(19)20)16-8-12(18)10(15-2)5-3-4-6-14;1-9(17)11-7-13(19)15-6-4-3-5-10(14-2)12(18)8-16-11;/h10-11,15-16H,3-8,14H2,1-2H3,(H,19,20);10-11,14,16H,3-8H2,1-2H3,(H,15,19);1H2/p-1. The van der Waals surface area contributed by atoms with Crippen molar-refractivity contribution in [3.8, 4) is 0 Å². The van der Waals surface area contributed by atoms with Gasteiger partial charge in [-0.2, -0.15) is 0 Å². The molecule has 14 heteroatoms. The molecule has 1 amide bonds. The number of Topliss-reactive ketones (excluding diaryl/α,β-unsaturated/α-hetero) is 4. The molecule has 0 aromatic heterocycles. The molecule has 1 fully saturated rings. The number of hydrogen-bond acceptors (Lipinski definition) is 12. The highest BCUT2D eigenvalue weighted by molar-refractivity contribution is 5.90. The minimum atomic E-state index is -1.07. The Kier molecular flexibility index (Phi) is 22.8. The number of carboxylic acid groups (broad SMARTS) is 1. The monoisotopic (exact) mass is 573 g/mol. The van der Waals surface area contributed by atoms with Crippen LogP contribution in [0.5, 0.6) is 0 Å².